The van der Waals surface area contributed by atoms with Crippen LogP contribution in [0.3, 0.4) is 0 Å². The van der Waals surface area contributed by atoms with Crippen LogP contribution in [-0.2, 0) is 4.79 Å². The van der Waals surface area contributed by atoms with Crippen LogP contribution in [0.5, 0.6) is 5.75 Å². The molecule has 0 saturated carbocycles. The van der Waals surface area contributed by atoms with E-state index in [9.17, 15) is 9.90 Å². The Balaban J connectivity index is 2.85. The van der Waals surface area contributed by atoms with E-state index in [0.29, 0.717) is 11.5 Å². The third-order valence-corrected chi connectivity index (χ3v) is 3.73. The molecule has 1 aromatic carbocycles. The van der Waals surface area contributed by atoms with Gasteiger partial charge in [-0.3, -0.25) is 4.79 Å². The Morgan fingerprint density at radius 3 is 2.50 bits per heavy atom. The molecule has 0 atom stereocenters. The van der Waals surface area contributed by atoms with Gasteiger partial charge in [-0.1, -0.05) is 0 Å². The molecule has 0 amide bonds. The maximum atomic E-state index is 10.4. The number of hydrogen-bond acceptors (Lipinski definition) is 3. The summed E-state index contributed by atoms with van der Waals surface area (Å²) in [6, 6.07) is 1.91. The van der Waals surface area contributed by atoms with Gasteiger partial charge in [0, 0.05) is 10.6 Å². The lowest BCUT2D eigenvalue weighted by Crippen LogP contribution is -1.97. The first kappa shape index (κ1) is 12.9. The largest absolute Gasteiger partial charge is 0.507 e. The van der Waals surface area contributed by atoms with Crippen LogP contribution in [0, 0.1) is 20.8 Å². The Kier molecular flexibility index (Phi) is 4.24. The van der Waals surface area contributed by atoms with E-state index in [0.717, 1.165) is 21.6 Å². The van der Waals surface area contributed by atoms with Gasteiger partial charge in [-0.05, 0) is 43.5 Å². The van der Waals surface area contributed by atoms with Crippen molar-refractivity contribution in [2.24, 2.45) is 0 Å². The average molecular weight is 240 g/mol. The smallest absolute Gasteiger partial charge is 0.304 e. The van der Waals surface area contributed by atoms with Crippen molar-refractivity contribution in [2.75, 3.05) is 5.75 Å². The van der Waals surface area contributed by atoms with Crippen LogP contribution in [0.25, 0.3) is 0 Å². The number of aliphatic carboxylic acids is 1. The topological polar surface area (TPSA) is 57.5 Å². The summed E-state index contributed by atoms with van der Waals surface area (Å²) in [5.41, 5.74) is 2.73. The maximum absolute atomic E-state index is 10.4. The summed E-state index contributed by atoms with van der Waals surface area (Å²) < 4.78 is 0. The molecule has 0 aliphatic heterocycles. The summed E-state index contributed by atoms with van der Waals surface area (Å²) in [4.78, 5) is 11.5. The van der Waals surface area contributed by atoms with Crippen LogP contribution >= 0.6 is 11.8 Å². The number of aromatic hydroxyl groups is 1. The van der Waals surface area contributed by atoms with Gasteiger partial charge >= 0.3 is 5.97 Å². The van der Waals surface area contributed by atoms with Crippen LogP contribution < -0.4 is 0 Å². The summed E-state index contributed by atoms with van der Waals surface area (Å²) in [7, 11) is 0. The van der Waals surface area contributed by atoms with Crippen molar-refractivity contribution in [1.29, 1.82) is 0 Å². The van der Waals surface area contributed by atoms with Crippen LogP contribution in [0.15, 0.2) is 11.0 Å². The van der Waals surface area contributed by atoms with Gasteiger partial charge in [0.15, 0.2) is 0 Å². The molecule has 2 N–H and O–H groups in total. The first-order valence-electron chi connectivity index (χ1n) is 5.08. The monoisotopic (exact) mass is 240 g/mol. The van der Waals surface area contributed by atoms with E-state index in [1.807, 2.05) is 26.8 Å². The van der Waals surface area contributed by atoms with E-state index in [4.69, 9.17) is 5.11 Å². The second-order valence-electron chi connectivity index (χ2n) is 3.78. The van der Waals surface area contributed by atoms with Crippen molar-refractivity contribution in [3.63, 3.8) is 0 Å². The van der Waals surface area contributed by atoms with E-state index >= 15 is 0 Å². The summed E-state index contributed by atoms with van der Waals surface area (Å²) in [6.45, 7) is 5.67. The van der Waals surface area contributed by atoms with Gasteiger partial charge in [0.05, 0.1) is 6.42 Å². The zero-order valence-corrected chi connectivity index (χ0v) is 10.5. The van der Waals surface area contributed by atoms with Crippen molar-refractivity contribution in [2.45, 2.75) is 32.1 Å². The highest BCUT2D eigenvalue weighted by Gasteiger charge is 2.09. The van der Waals surface area contributed by atoms with Gasteiger partial charge in [0.1, 0.15) is 5.75 Å². The van der Waals surface area contributed by atoms with Gasteiger partial charge in [0.25, 0.3) is 0 Å². The molecule has 3 nitrogen and oxygen atoms in total. The minimum Gasteiger partial charge on any atom is -0.507 e. The Morgan fingerprint density at radius 1 is 1.31 bits per heavy atom. The van der Waals surface area contributed by atoms with Gasteiger partial charge in [0.2, 0.25) is 0 Å². The first-order chi connectivity index (χ1) is 7.43. The van der Waals surface area contributed by atoms with E-state index < -0.39 is 5.97 Å². The first-order valence-corrected chi connectivity index (χ1v) is 6.06. The van der Waals surface area contributed by atoms with E-state index in [2.05, 4.69) is 0 Å². The van der Waals surface area contributed by atoms with Gasteiger partial charge < -0.3 is 10.2 Å². The highest BCUT2D eigenvalue weighted by molar-refractivity contribution is 7.99. The molecule has 0 saturated heterocycles. The van der Waals surface area contributed by atoms with Crippen LogP contribution in [-0.4, -0.2) is 21.9 Å². The molecule has 88 valence electrons. The molecule has 0 unspecified atom stereocenters. The fourth-order valence-electron chi connectivity index (χ4n) is 1.43. The van der Waals surface area contributed by atoms with E-state index in [-0.39, 0.29) is 6.42 Å². The third kappa shape index (κ3) is 2.92. The number of carboxylic acids is 1. The fraction of sp³-hybridized carbons (Fsp3) is 0.417. The van der Waals surface area contributed by atoms with E-state index in [1.54, 1.807) is 0 Å². The standard InChI is InChI=1S/C12H16O3S/c1-7-6-10(16-5-4-11(13)14)8(2)9(3)12(7)15/h6,15H,4-5H2,1-3H3,(H,13,14). The quantitative estimate of drug-likeness (QED) is 0.794. The maximum Gasteiger partial charge on any atom is 0.304 e. The molecule has 0 aliphatic rings. The summed E-state index contributed by atoms with van der Waals surface area (Å²) in [5, 5.41) is 18.3. The number of rotatable bonds is 4. The lowest BCUT2D eigenvalue weighted by Gasteiger charge is -2.12. The molecule has 0 fully saturated rings. The summed E-state index contributed by atoms with van der Waals surface area (Å²) >= 11 is 1.52. The predicted molar refractivity (Wildman–Crippen MR) is 65.3 cm³/mol. The van der Waals surface area contributed by atoms with Crippen molar-refractivity contribution in [3.05, 3.63) is 22.8 Å². The highest BCUT2D eigenvalue weighted by Crippen LogP contribution is 2.33. The molecule has 16 heavy (non-hydrogen) atoms. The molecule has 4 heteroatoms. The number of hydrogen-bond donors (Lipinski definition) is 2. The minimum atomic E-state index is -0.780. The molecular formula is C12H16O3S. The number of aryl methyl sites for hydroxylation is 1. The van der Waals surface area contributed by atoms with Crippen molar-refractivity contribution < 1.29 is 15.0 Å². The van der Waals surface area contributed by atoms with Gasteiger partial charge in [-0.2, -0.15) is 0 Å². The molecule has 0 aromatic heterocycles. The Hall–Kier alpha value is -1.16. The molecular weight excluding hydrogens is 224 g/mol. The molecule has 1 aromatic rings. The number of carbonyl (C=O) groups is 1. The summed E-state index contributed by atoms with van der Waals surface area (Å²) in [5.74, 6) is 0.109. The number of carboxylic acid groups (broad SMARTS) is 1. The lowest BCUT2D eigenvalue weighted by atomic mass is 10.1. The summed E-state index contributed by atoms with van der Waals surface area (Å²) in [6.07, 6.45) is 0.156. The van der Waals surface area contributed by atoms with Crippen molar-refractivity contribution in [1.82, 2.24) is 0 Å². The molecule has 0 radical (unpaired) electrons. The highest BCUT2D eigenvalue weighted by atomic mass is 32.2. The third-order valence-electron chi connectivity index (χ3n) is 2.58. The molecule has 0 spiro atoms. The van der Waals surface area contributed by atoms with Gasteiger partial charge in [-0.15, -0.1) is 11.8 Å². The van der Waals surface area contributed by atoms with E-state index in [1.165, 1.54) is 11.8 Å². The average Bonchev–Trinajstić information content (AvgIpc) is 2.22. The number of thioether (sulfide) groups is 1. The number of phenolic OH excluding ortho intramolecular Hbond substituents is 1. The molecule has 1 rings (SSSR count). The molecule has 0 bridgehead atoms. The van der Waals surface area contributed by atoms with Crippen molar-refractivity contribution >= 4 is 17.7 Å². The Morgan fingerprint density at radius 2 is 1.94 bits per heavy atom. The Bertz CT molecular complexity index is 413. The second kappa shape index (κ2) is 5.25. The number of phenols is 1. The zero-order valence-electron chi connectivity index (χ0n) is 9.70. The minimum absolute atomic E-state index is 0.156. The van der Waals surface area contributed by atoms with Gasteiger partial charge in [-0.25, -0.2) is 0 Å². The lowest BCUT2D eigenvalue weighted by molar-refractivity contribution is -0.136. The second-order valence-corrected chi connectivity index (χ2v) is 4.92. The van der Waals surface area contributed by atoms with Crippen molar-refractivity contribution in [3.8, 4) is 5.75 Å². The molecule has 0 heterocycles. The molecule has 0 aliphatic carbocycles. The van der Waals surface area contributed by atoms with Crippen LogP contribution in [0.4, 0.5) is 0 Å². The fourth-order valence-corrected chi connectivity index (χ4v) is 2.56. The number of benzene rings is 1. The SMILES string of the molecule is Cc1cc(SCCC(=O)O)c(C)c(C)c1O. The van der Waals surface area contributed by atoms with Crippen LogP contribution in [0.2, 0.25) is 0 Å². The van der Waals surface area contributed by atoms with Crippen LogP contribution in [0.1, 0.15) is 23.1 Å². The predicted octanol–water partition coefficient (Wildman–Crippen LogP) is 2.88. The normalized spacial score (nSPS) is 10.4. The zero-order chi connectivity index (χ0) is 12.3. The Labute approximate surface area is 99.5 Å².